The Morgan fingerprint density at radius 1 is 1.27 bits per heavy atom. The van der Waals surface area contributed by atoms with E-state index in [9.17, 15) is 9.18 Å². The van der Waals surface area contributed by atoms with Crippen molar-refractivity contribution < 1.29 is 13.9 Å². The van der Waals surface area contributed by atoms with Crippen LogP contribution in [0.2, 0.25) is 0 Å². The van der Waals surface area contributed by atoms with Crippen LogP contribution in [-0.4, -0.2) is 33.0 Å². The lowest BCUT2D eigenvalue weighted by Crippen LogP contribution is -2.22. The molecule has 1 atom stereocenters. The van der Waals surface area contributed by atoms with E-state index in [0.29, 0.717) is 16.6 Å². The summed E-state index contributed by atoms with van der Waals surface area (Å²) in [5.74, 6) is 0.0141. The molecular formula is C18H17FN4O2S. The van der Waals surface area contributed by atoms with Gasteiger partial charge in [0, 0.05) is 5.69 Å². The van der Waals surface area contributed by atoms with Crippen LogP contribution in [0.5, 0.6) is 5.75 Å². The number of methoxy groups -OCH3 is 1. The molecule has 2 aromatic carbocycles. The Labute approximate surface area is 154 Å². The molecule has 134 valence electrons. The second-order valence-electron chi connectivity index (χ2n) is 5.42. The normalized spacial score (nSPS) is 11.8. The summed E-state index contributed by atoms with van der Waals surface area (Å²) in [5.41, 5.74) is 1.19. The molecule has 0 spiro atoms. The van der Waals surface area contributed by atoms with Crippen LogP contribution in [0.25, 0.3) is 5.69 Å². The molecule has 0 saturated carbocycles. The Bertz CT molecular complexity index is 915. The summed E-state index contributed by atoms with van der Waals surface area (Å²) in [6.45, 7) is 1.75. The molecule has 3 aromatic rings. The summed E-state index contributed by atoms with van der Waals surface area (Å²) in [6, 6.07) is 13.2. The molecule has 6 nitrogen and oxygen atoms in total. The fourth-order valence-electron chi connectivity index (χ4n) is 2.32. The minimum Gasteiger partial charge on any atom is -0.495 e. The van der Waals surface area contributed by atoms with Crippen molar-refractivity contribution in [2.24, 2.45) is 0 Å². The van der Waals surface area contributed by atoms with Crippen LogP contribution in [0, 0.1) is 5.82 Å². The largest absolute Gasteiger partial charge is 0.495 e. The zero-order valence-corrected chi connectivity index (χ0v) is 15.0. The van der Waals surface area contributed by atoms with E-state index in [1.54, 1.807) is 37.1 Å². The van der Waals surface area contributed by atoms with Crippen LogP contribution in [0.3, 0.4) is 0 Å². The number of halogens is 1. The van der Waals surface area contributed by atoms with Crippen molar-refractivity contribution >= 4 is 23.4 Å². The van der Waals surface area contributed by atoms with Crippen LogP contribution in [0.1, 0.15) is 6.92 Å². The molecule has 1 amide bonds. The number of benzene rings is 2. The molecule has 0 fully saturated rings. The third-order valence-electron chi connectivity index (χ3n) is 3.60. The smallest absolute Gasteiger partial charge is 0.237 e. The number of anilines is 1. The maximum absolute atomic E-state index is 13.2. The second kappa shape index (κ2) is 8.01. The number of ether oxygens (including phenoxy) is 1. The topological polar surface area (TPSA) is 69.0 Å². The molecule has 0 saturated heterocycles. The van der Waals surface area contributed by atoms with E-state index in [0.717, 1.165) is 5.69 Å². The molecule has 0 aliphatic rings. The zero-order valence-electron chi connectivity index (χ0n) is 14.2. The number of nitrogens with one attached hydrogen (secondary N) is 1. The molecule has 0 aliphatic carbocycles. The summed E-state index contributed by atoms with van der Waals surface area (Å²) >= 11 is 1.25. The van der Waals surface area contributed by atoms with Gasteiger partial charge in [-0.15, -0.1) is 10.2 Å². The number of rotatable bonds is 6. The highest BCUT2D eigenvalue weighted by Crippen LogP contribution is 2.29. The molecule has 26 heavy (non-hydrogen) atoms. The maximum atomic E-state index is 13.2. The van der Waals surface area contributed by atoms with E-state index in [1.807, 2.05) is 24.3 Å². The van der Waals surface area contributed by atoms with Crippen molar-refractivity contribution in [3.63, 3.8) is 0 Å². The van der Waals surface area contributed by atoms with Crippen molar-refractivity contribution in [1.82, 2.24) is 14.8 Å². The van der Waals surface area contributed by atoms with Gasteiger partial charge in [0.2, 0.25) is 5.91 Å². The molecule has 0 radical (unpaired) electrons. The third-order valence-corrected chi connectivity index (χ3v) is 4.66. The Morgan fingerprint density at radius 2 is 2.08 bits per heavy atom. The predicted octanol–water partition coefficient (Wildman–Crippen LogP) is 3.53. The molecule has 1 N–H and O–H groups in total. The van der Waals surface area contributed by atoms with Gasteiger partial charge in [-0.1, -0.05) is 30.0 Å². The molecule has 1 heterocycles. The van der Waals surface area contributed by atoms with E-state index in [1.165, 1.54) is 23.9 Å². The van der Waals surface area contributed by atoms with Gasteiger partial charge in [0.05, 0.1) is 18.0 Å². The first-order valence-corrected chi connectivity index (χ1v) is 8.73. The van der Waals surface area contributed by atoms with Crippen LogP contribution in [0.4, 0.5) is 10.1 Å². The van der Waals surface area contributed by atoms with Gasteiger partial charge in [-0.2, -0.15) is 0 Å². The molecule has 1 aromatic heterocycles. The average Bonchev–Trinajstić information content (AvgIpc) is 3.09. The summed E-state index contributed by atoms with van der Waals surface area (Å²) in [4.78, 5) is 12.4. The van der Waals surface area contributed by atoms with Gasteiger partial charge in [-0.3, -0.25) is 9.36 Å². The fourth-order valence-corrected chi connectivity index (χ4v) is 3.16. The minimum absolute atomic E-state index is 0.254. The molecule has 0 aliphatic heterocycles. The number of thioether (sulfide) groups is 1. The Morgan fingerprint density at radius 3 is 2.85 bits per heavy atom. The lowest BCUT2D eigenvalue weighted by molar-refractivity contribution is -0.115. The van der Waals surface area contributed by atoms with Gasteiger partial charge in [0.15, 0.2) is 5.16 Å². The highest BCUT2D eigenvalue weighted by atomic mass is 32.2. The quantitative estimate of drug-likeness (QED) is 0.671. The molecule has 3 rings (SSSR count). The Hall–Kier alpha value is -2.87. The van der Waals surface area contributed by atoms with Crippen LogP contribution >= 0.6 is 11.8 Å². The van der Waals surface area contributed by atoms with Gasteiger partial charge in [0.1, 0.15) is 17.9 Å². The SMILES string of the molecule is COc1ccccc1-n1cnnc1SC(C)C(=O)Nc1cccc(F)c1. The standard InChI is InChI=1S/C18H17FN4O2S/c1-12(17(24)21-14-7-5-6-13(19)10-14)26-18-22-20-11-23(18)15-8-3-4-9-16(15)25-2/h3-12H,1-2H3,(H,21,24). The van der Waals surface area contributed by atoms with Crippen molar-refractivity contribution in [2.45, 2.75) is 17.3 Å². The predicted molar refractivity (Wildman–Crippen MR) is 98.3 cm³/mol. The van der Waals surface area contributed by atoms with Crippen LogP contribution in [-0.2, 0) is 4.79 Å². The number of hydrogen-bond donors (Lipinski definition) is 1. The average molecular weight is 372 g/mol. The van der Waals surface area contributed by atoms with Crippen molar-refractivity contribution in [1.29, 1.82) is 0 Å². The number of carbonyl (C=O) groups is 1. The number of para-hydroxylation sites is 2. The van der Waals surface area contributed by atoms with Gasteiger partial charge in [0.25, 0.3) is 0 Å². The fraction of sp³-hybridized carbons (Fsp3) is 0.167. The third kappa shape index (κ3) is 4.02. The molecule has 0 bridgehead atoms. The molecule has 1 unspecified atom stereocenters. The van der Waals surface area contributed by atoms with Crippen molar-refractivity contribution in [3.05, 3.63) is 60.7 Å². The molecule has 8 heteroatoms. The van der Waals surface area contributed by atoms with Crippen LogP contribution in [0.15, 0.2) is 60.0 Å². The Kier molecular flexibility index (Phi) is 5.52. The number of amides is 1. The van der Waals surface area contributed by atoms with E-state index in [4.69, 9.17) is 4.74 Å². The Balaban J connectivity index is 1.75. The molecular weight excluding hydrogens is 355 g/mol. The second-order valence-corrected chi connectivity index (χ2v) is 6.72. The lowest BCUT2D eigenvalue weighted by Gasteiger charge is -2.14. The van der Waals surface area contributed by atoms with Gasteiger partial charge >= 0.3 is 0 Å². The monoisotopic (exact) mass is 372 g/mol. The first-order valence-electron chi connectivity index (χ1n) is 7.85. The first-order chi connectivity index (χ1) is 12.6. The number of nitrogens with zero attached hydrogens (tertiary/aromatic N) is 3. The van der Waals surface area contributed by atoms with E-state index in [2.05, 4.69) is 15.5 Å². The highest BCUT2D eigenvalue weighted by Gasteiger charge is 2.19. The number of carbonyl (C=O) groups excluding carboxylic acids is 1. The number of hydrogen-bond acceptors (Lipinski definition) is 5. The first kappa shape index (κ1) is 17.9. The summed E-state index contributed by atoms with van der Waals surface area (Å²) in [7, 11) is 1.59. The summed E-state index contributed by atoms with van der Waals surface area (Å²) in [5, 5.41) is 10.8. The van der Waals surface area contributed by atoms with Crippen molar-refractivity contribution in [3.8, 4) is 11.4 Å². The van der Waals surface area contributed by atoms with E-state index >= 15 is 0 Å². The summed E-state index contributed by atoms with van der Waals surface area (Å²) in [6.07, 6.45) is 1.57. The van der Waals surface area contributed by atoms with Gasteiger partial charge < -0.3 is 10.1 Å². The van der Waals surface area contributed by atoms with Crippen LogP contribution < -0.4 is 10.1 Å². The van der Waals surface area contributed by atoms with Crippen molar-refractivity contribution in [2.75, 3.05) is 12.4 Å². The lowest BCUT2D eigenvalue weighted by atomic mass is 10.3. The zero-order chi connectivity index (χ0) is 18.5. The van der Waals surface area contributed by atoms with Gasteiger partial charge in [-0.25, -0.2) is 4.39 Å². The number of aromatic nitrogens is 3. The maximum Gasteiger partial charge on any atom is 0.237 e. The summed E-state index contributed by atoms with van der Waals surface area (Å²) < 4.78 is 20.4. The van der Waals surface area contributed by atoms with E-state index in [-0.39, 0.29) is 5.91 Å². The van der Waals surface area contributed by atoms with Gasteiger partial charge in [-0.05, 0) is 37.3 Å². The minimum atomic E-state index is -0.462. The van der Waals surface area contributed by atoms with E-state index < -0.39 is 11.1 Å². The highest BCUT2D eigenvalue weighted by molar-refractivity contribution is 8.00.